The second-order valence-corrected chi connectivity index (χ2v) is 7.41. The van der Waals surface area contributed by atoms with Crippen LogP contribution in [0.4, 0.5) is 0 Å². The average Bonchev–Trinajstić information content (AvgIpc) is 3.23. The topological polar surface area (TPSA) is 61.4 Å². The number of amides is 1. The smallest absolute Gasteiger partial charge is 0.251 e. The van der Waals surface area contributed by atoms with E-state index in [0.717, 1.165) is 6.42 Å². The molecule has 1 aliphatic heterocycles. The SMILES string of the molecule is O=C(NC[C@H]1N[C@H](CO)[C@@H]1c1ccc(C2=CCCC2)cc1)c1ccccc1. The van der Waals surface area contributed by atoms with Crippen LogP contribution >= 0.6 is 0 Å². The number of nitrogens with one attached hydrogen (secondary N) is 2. The van der Waals surface area contributed by atoms with Crippen LogP contribution < -0.4 is 10.6 Å². The first-order valence-corrected chi connectivity index (χ1v) is 9.76. The minimum atomic E-state index is -0.0629. The first-order chi connectivity index (χ1) is 13.3. The molecule has 0 bridgehead atoms. The van der Waals surface area contributed by atoms with E-state index in [1.165, 1.54) is 29.5 Å². The number of rotatable bonds is 6. The van der Waals surface area contributed by atoms with Crippen molar-refractivity contribution < 1.29 is 9.90 Å². The Balaban J connectivity index is 1.41. The van der Waals surface area contributed by atoms with E-state index in [4.69, 9.17) is 0 Å². The maximum atomic E-state index is 12.3. The molecule has 1 heterocycles. The summed E-state index contributed by atoms with van der Waals surface area (Å²) >= 11 is 0. The molecule has 0 saturated carbocycles. The summed E-state index contributed by atoms with van der Waals surface area (Å²) in [7, 11) is 0. The van der Waals surface area contributed by atoms with Crippen LogP contribution in [0, 0.1) is 0 Å². The zero-order valence-corrected chi connectivity index (χ0v) is 15.4. The van der Waals surface area contributed by atoms with E-state index < -0.39 is 0 Å². The van der Waals surface area contributed by atoms with Crippen LogP contribution in [0.1, 0.15) is 46.7 Å². The number of hydrogen-bond donors (Lipinski definition) is 3. The van der Waals surface area contributed by atoms with Crippen molar-refractivity contribution in [3.8, 4) is 0 Å². The minimum Gasteiger partial charge on any atom is -0.395 e. The molecule has 4 nitrogen and oxygen atoms in total. The van der Waals surface area contributed by atoms with Crippen LogP contribution in [0.3, 0.4) is 0 Å². The van der Waals surface area contributed by atoms with Gasteiger partial charge in [0.2, 0.25) is 0 Å². The van der Waals surface area contributed by atoms with Crippen LogP contribution in [-0.2, 0) is 0 Å². The number of allylic oxidation sites excluding steroid dienone is 2. The Morgan fingerprint density at radius 1 is 1.07 bits per heavy atom. The third-order valence-corrected chi connectivity index (χ3v) is 5.72. The average molecular weight is 362 g/mol. The largest absolute Gasteiger partial charge is 0.395 e. The Morgan fingerprint density at radius 3 is 2.52 bits per heavy atom. The molecule has 4 heteroatoms. The van der Waals surface area contributed by atoms with Crippen molar-refractivity contribution in [3.05, 3.63) is 77.4 Å². The second kappa shape index (κ2) is 8.07. The lowest BCUT2D eigenvalue weighted by Crippen LogP contribution is -2.64. The summed E-state index contributed by atoms with van der Waals surface area (Å²) in [6.07, 6.45) is 5.93. The van der Waals surface area contributed by atoms with Crippen molar-refractivity contribution in [2.75, 3.05) is 13.2 Å². The van der Waals surface area contributed by atoms with E-state index in [1.54, 1.807) is 0 Å². The highest BCUT2D eigenvalue weighted by Gasteiger charge is 2.40. The molecule has 0 unspecified atom stereocenters. The molecule has 2 aliphatic rings. The molecule has 4 rings (SSSR count). The molecular weight excluding hydrogens is 336 g/mol. The van der Waals surface area contributed by atoms with E-state index in [9.17, 15) is 9.90 Å². The summed E-state index contributed by atoms with van der Waals surface area (Å²) in [5, 5.41) is 16.0. The number of carbonyl (C=O) groups excluding carboxylic acids is 1. The van der Waals surface area contributed by atoms with Crippen molar-refractivity contribution in [2.24, 2.45) is 0 Å². The van der Waals surface area contributed by atoms with Gasteiger partial charge in [0.1, 0.15) is 0 Å². The lowest BCUT2D eigenvalue weighted by Gasteiger charge is -2.46. The predicted molar refractivity (Wildman–Crippen MR) is 108 cm³/mol. The van der Waals surface area contributed by atoms with Gasteiger partial charge in [0.05, 0.1) is 6.61 Å². The van der Waals surface area contributed by atoms with E-state index >= 15 is 0 Å². The Morgan fingerprint density at radius 2 is 1.85 bits per heavy atom. The van der Waals surface area contributed by atoms with Crippen LogP contribution in [0.5, 0.6) is 0 Å². The van der Waals surface area contributed by atoms with Gasteiger partial charge in [0.15, 0.2) is 0 Å². The Bertz CT molecular complexity index is 814. The van der Waals surface area contributed by atoms with Gasteiger partial charge < -0.3 is 15.7 Å². The van der Waals surface area contributed by atoms with Crippen LogP contribution in [0.15, 0.2) is 60.7 Å². The molecule has 1 aliphatic carbocycles. The van der Waals surface area contributed by atoms with Crippen LogP contribution in [0.25, 0.3) is 5.57 Å². The fourth-order valence-electron chi connectivity index (χ4n) is 4.21. The molecule has 2 aromatic rings. The van der Waals surface area contributed by atoms with Gasteiger partial charge in [-0.1, -0.05) is 48.5 Å². The number of aliphatic hydroxyl groups is 1. The molecule has 1 saturated heterocycles. The molecule has 3 N–H and O–H groups in total. The highest BCUT2D eigenvalue weighted by molar-refractivity contribution is 5.94. The standard InChI is InChI=1S/C23H26N2O2/c26-15-21-22(18-12-10-17(11-13-18)16-6-4-5-7-16)20(25-21)14-24-23(27)19-8-2-1-3-9-19/h1-3,6,8-13,20-22,25-26H,4-5,7,14-15H2,(H,24,27)/t20-,21-,22-/m1/s1. The Hall–Kier alpha value is -2.43. The molecule has 1 fully saturated rings. The van der Waals surface area contributed by atoms with Gasteiger partial charge in [-0.3, -0.25) is 4.79 Å². The maximum absolute atomic E-state index is 12.3. The lowest BCUT2D eigenvalue weighted by atomic mass is 9.77. The van der Waals surface area contributed by atoms with E-state index in [0.29, 0.717) is 12.1 Å². The molecule has 0 spiro atoms. The van der Waals surface area contributed by atoms with Crippen LogP contribution in [-0.4, -0.2) is 36.2 Å². The summed E-state index contributed by atoms with van der Waals surface area (Å²) in [6, 6.07) is 18.2. The lowest BCUT2D eigenvalue weighted by molar-refractivity contribution is 0.0910. The molecule has 1 amide bonds. The number of aliphatic hydroxyl groups excluding tert-OH is 1. The fourth-order valence-corrected chi connectivity index (χ4v) is 4.21. The van der Waals surface area contributed by atoms with Crippen molar-refractivity contribution >= 4 is 11.5 Å². The molecule has 0 radical (unpaired) electrons. The van der Waals surface area contributed by atoms with Gasteiger partial charge in [0.25, 0.3) is 5.91 Å². The highest BCUT2D eigenvalue weighted by Crippen LogP contribution is 2.34. The van der Waals surface area contributed by atoms with Gasteiger partial charge in [0, 0.05) is 30.1 Å². The normalized spacial score (nSPS) is 24.2. The van der Waals surface area contributed by atoms with Gasteiger partial charge in [-0.2, -0.15) is 0 Å². The second-order valence-electron chi connectivity index (χ2n) is 7.41. The number of hydrogen-bond acceptors (Lipinski definition) is 3. The molecule has 3 atom stereocenters. The van der Waals surface area contributed by atoms with Gasteiger partial charge in [-0.05, 0) is 48.1 Å². The van der Waals surface area contributed by atoms with Gasteiger partial charge in [-0.25, -0.2) is 0 Å². The molecule has 27 heavy (non-hydrogen) atoms. The Kier molecular flexibility index (Phi) is 5.37. The minimum absolute atomic E-state index is 0.0418. The zero-order chi connectivity index (χ0) is 18.6. The summed E-state index contributed by atoms with van der Waals surface area (Å²) in [5.41, 5.74) is 4.63. The molecule has 2 aromatic carbocycles. The summed E-state index contributed by atoms with van der Waals surface area (Å²) < 4.78 is 0. The van der Waals surface area contributed by atoms with Crippen molar-refractivity contribution in [3.63, 3.8) is 0 Å². The monoisotopic (exact) mass is 362 g/mol. The van der Waals surface area contributed by atoms with Crippen LogP contribution in [0.2, 0.25) is 0 Å². The van der Waals surface area contributed by atoms with Gasteiger partial charge >= 0.3 is 0 Å². The van der Waals surface area contributed by atoms with Crippen molar-refractivity contribution in [2.45, 2.75) is 37.3 Å². The molecular formula is C23H26N2O2. The van der Waals surface area contributed by atoms with E-state index in [1.807, 2.05) is 30.3 Å². The third-order valence-electron chi connectivity index (χ3n) is 5.72. The van der Waals surface area contributed by atoms with E-state index in [-0.39, 0.29) is 30.5 Å². The fraction of sp³-hybridized carbons (Fsp3) is 0.348. The summed E-state index contributed by atoms with van der Waals surface area (Å²) in [5.74, 6) is 0.143. The van der Waals surface area contributed by atoms with Crippen molar-refractivity contribution in [1.29, 1.82) is 0 Å². The highest BCUT2D eigenvalue weighted by atomic mass is 16.3. The summed E-state index contributed by atoms with van der Waals surface area (Å²) in [4.78, 5) is 12.3. The van der Waals surface area contributed by atoms with Crippen molar-refractivity contribution in [1.82, 2.24) is 10.6 Å². The third kappa shape index (κ3) is 3.82. The quantitative estimate of drug-likeness (QED) is 0.740. The first-order valence-electron chi connectivity index (χ1n) is 9.76. The van der Waals surface area contributed by atoms with Gasteiger partial charge in [-0.15, -0.1) is 0 Å². The molecule has 0 aromatic heterocycles. The summed E-state index contributed by atoms with van der Waals surface area (Å²) in [6.45, 7) is 0.641. The maximum Gasteiger partial charge on any atom is 0.251 e. The zero-order valence-electron chi connectivity index (χ0n) is 15.4. The first kappa shape index (κ1) is 18.0. The number of benzene rings is 2. The van der Waals surface area contributed by atoms with E-state index in [2.05, 4.69) is 41.0 Å². The predicted octanol–water partition coefficient (Wildman–Crippen LogP) is 3.10. The number of carbonyl (C=O) groups is 1. The molecule has 140 valence electrons. The Labute approximate surface area is 160 Å².